The van der Waals surface area contributed by atoms with Crippen LogP contribution in [0, 0.1) is 0 Å². The first-order valence-electron chi connectivity index (χ1n) is 14.6. The molecule has 0 radical (unpaired) electrons. The van der Waals surface area contributed by atoms with Crippen LogP contribution in [0.3, 0.4) is 0 Å². The number of esters is 1. The highest BCUT2D eigenvalue weighted by Crippen LogP contribution is 2.45. The number of fused-ring (bicyclic) bond motifs is 5. The van der Waals surface area contributed by atoms with Crippen LogP contribution in [0.2, 0.25) is 13.1 Å². The van der Waals surface area contributed by atoms with Crippen LogP contribution in [-0.4, -0.2) is 41.1 Å². The zero-order valence-electron chi connectivity index (χ0n) is 26.0. The number of aliphatic hydroxyl groups is 1. The minimum absolute atomic E-state index is 0.199. The van der Waals surface area contributed by atoms with Gasteiger partial charge in [0.2, 0.25) is 0 Å². The molecule has 2 atom stereocenters. The van der Waals surface area contributed by atoms with Crippen LogP contribution in [-0.2, 0) is 31.8 Å². The molecule has 2 N–H and O–H groups in total. The Morgan fingerprint density at radius 3 is 2.48 bits per heavy atom. The number of carbonyl (C=O) groups excluding carboxylic acids is 2. The third kappa shape index (κ3) is 5.15. The Morgan fingerprint density at radius 1 is 1.19 bits per heavy atom. The Morgan fingerprint density at radius 2 is 1.88 bits per heavy atom. The van der Waals surface area contributed by atoms with Crippen molar-refractivity contribution in [3.8, 4) is 11.4 Å². The Balaban J connectivity index is 1.73. The van der Waals surface area contributed by atoms with Gasteiger partial charge in [0.1, 0.15) is 16.9 Å². The van der Waals surface area contributed by atoms with Crippen molar-refractivity contribution in [2.45, 2.75) is 103 Å². The molecule has 0 fully saturated rings. The fourth-order valence-corrected chi connectivity index (χ4v) is 7.63. The lowest BCUT2D eigenvalue weighted by Crippen LogP contribution is -2.35. The van der Waals surface area contributed by atoms with E-state index in [1.807, 2.05) is 59.0 Å². The molecule has 5 rings (SSSR count). The molecule has 224 valence electrons. The number of pyridine rings is 2. The Hall–Kier alpha value is -3.50. The van der Waals surface area contributed by atoms with Gasteiger partial charge in [-0.15, -0.1) is 0 Å². The molecule has 9 nitrogen and oxygen atoms in total. The standard InChI is InChI=1S/C32H41N3O6Si/c1-10-32(39)15-23(36)40-28(42(8)9)24-20(32)14-22-26-19(16-35(22)27(24)37)25(30(2,3)4)18-13-17(11-12-21(18)34-26)33-29(38)41-31(5,6)7/h11-14,28,39,42H,10,15-16H2,1-9H3,(H,33,38). The van der Waals surface area contributed by atoms with Gasteiger partial charge >= 0.3 is 12.1 Å². The summed E-state index contributed by atoms with van der Waals surface area (Å²) < 4.78 is 13.0. The molecule has 2 unspecified atom stereocenters. The predicted octanol–water partition coefficient (Wildman–Crippen LogP) is 5.68. The molecule has 2 aliphatic heterocycles. The maximum Gasteiger partial charge on any atom is 0.412 e. The van der Waals surface area contributed by atoms with E-state index in [9.17, 15) is 19.5 Å². The number of nitrogens with zero attached hydrogens (tertiary/aromatic N) is 2. The van der Waals surface area contributed by atoms with Crippen molar-refractivity contribution < 1.29 is 24.2 Å². The molecular formula is C32H41N3O6Si. The van der Waals surface area contributed by atoms with Gasteiger partial charge in [-0.25, -0.2) is 9.78 Å². The van der Waals surface area contributed by atoms with Gasteiger partial charge in [-0.2, -0.15) is 0 Å². The van der Waals surface area contributed by atoms with E-state index < -0.39 is 37.8 Å². The summed E-state index contributed by atoms with van der Waals surface area (Å²) >= 11 is 0. The maximum absolute atomic E-state index is 14.3. The van der Waals surface area contributed by atoms with Crippen LogP contribution in [0.4, 0.5) is 10.5 Å². The highest BCUT2D eigenvalue weighted by atomic mass is 28.3. The number of ether oxygens (including phenoxy) is 2. The maximum atomic E-state index is 14.3. The van der Waals surface area contributed by atoms with Gasteiger partial charge in [-0.1, -0.05) is 40.8 Å². The van der Waals surface area contributed by atoms with E-state index in [2.05, 4.69) is 26.1 Å². The van der Waals surface area contributed by atoms with E-state index in [0.717, 1.165) is 22.0 Å². The number of aromatic nitrogens is 2. The number of hydrogen-bond acceptors (Lipinski definition) is 7. The Labute approximate surface area is 247 Å². The average molecular weight is 592 g/mol. The molecule has 0 spiro atoms. The summed E-state index contributed by atoms with van der Waals surface area (Å²) in [5.41, 5.74) is 2.12. The number of rotatable bonds is 3. The van der Waals surface area contributed by atoms with E-state index >= 15 is 0 Å². The topological polar surface area (TPSA) is 120 Å². The Kier molecular flexibility index (Phi) is 7.17. The molecule has 1 amide bonds. The van der Waals surface area contributed by atoms with Gasteiger partial charge in [0.25, 0.3) is 5.56 Å². The van der Waals surface area contributed by atoms with Crippen molar-refractivity contribution in [1.29, 1.82) is 0 Å². The van der Waals surface area contributed by atoms with E-state index in [4.69, 9.17) is 14.5 Å². The summed E-state index contributed by atoms with van der Waals surface area (Å²) in [6, 6.07) is 7.41. The largest absolute Gasteiger partial charge is 0.462 e. The van der Waals surface area contributed by atoms with Gasteiger partial charge in [-0.3, -0.25) is 14.9 Å². The number of cyclic esters (lactones) is 1. The van der Waals surface area contributed by atoms with E-state index in [1.54, 1.807) is 10.6 Å². The smallest absolute Gasteiger partial charge is 0.412 e. The molecule has 2 aromatic heterocycles. The second-order valence-corrected chi connectivity index (χ2v) is 17.0. The molecule has 0 saturated carbocycles. The van der Waals surface area contributed by atoms with Crippen molar-refractivity contribution >= 4 is 37.4 Å². The lowest BCUT2D eigenvalue weighted by molar-refractivity contribution is -0.150. The summed E-state index contributed by atoms with van der Waals surface area (Å²) in [5.74, 6) is -0.485. The number of benzene rings is 1. The monoisotopic (exact) mass is 591 g/mol. The summed E-state index contributed by atoms with van der Waals surface area (Å²) in [5, 5.41) is 15.4. The molecule has 0 bridgehead atoms. The third-order valence-electron chi connectivity index (χ3n) is 8.05. The highest BCUT2D eigenvalue weighted by molar-refractivity contribution is 6.57. The Bertz CT molecular complexity index is 1680. The third-order valence-corrected chi connectivity index (χ3v) is 9.73. The van der Waals surface area contributed by atoms with Crippen molar-refractivity contribution in [2.75, 3.05) is 5.32 Å². The number of nitrogens with one attached hydrogen (secondary N) is 1. The predicted molar refractivity (Wildman–Crippen MR) is 166 cm³/mol. The summed E-state index contributed by atoms with van der Waals surface area (Å²) in [7, 11) is -1.69. The van der Waals surface area contributed by atoms with Gasteiger partial charge < -0.3 is 19.1 Å². The second-order valence-electron chi connectivity index (χ2n) is 13.9. The van der Waals surface area contributed by atoms with E-state index in [0.29, 0.717) is 34.7 Å². The fourth-order valence-electron chi connectivity index (χ4n) is 6.22. The van der Waals surface area contributed by atoms with Gasteiger partial charge in [-0.05, 0) is 68.0 Å². The van der Waals surface area contributed by atoms with Crippen LogP contribution < -0.4 is 10.9 Å². The number of carbonyl (C=O) groups is 2. The summed E-state index contributed by atoms with van der Waals surface area (Å²) in [6.07, 6.45) is -0.472. The van der Waals surface area contributed by atoms with Crippen LogP contribution in [0.5, 0.6) is 0 Å². The normalized spacial score (nSPS) is 20.1. The van der Waals surface area contributed by atoms with Crippen molar-refractivity contribution in [3.63, 3.8) is 0 Å². The first-order chi connectivity index (χ1) is 19.4. The van der Waals surface area contributed by atoms with E-state index in [1.165, 1.54) is 0 Å². The molecule has 1 aromatic carbocycles. The second kappa shape index (κ2) is 10.1. The van der Waals surface area contributed by atoms with Gasteiger partial charge in [0.05, 0.1) is 44.2 Å². The molecule has 0 aliphatic carbocycles. The van der Waals surface area contributed by atoms with Crippen LogP contribution in [0.15, 0.2) is 29.1 Å². The molecule has 2 aliphatic rings. The zero-order chi connectivity index (χ0) is 30.9. The van der Waals surface area contributed by atoms with Crippen LogP contribution in [0.1, 0.15) is 89.3 Å². The average Bonchev–Trinajstić information content (AvgIpc) is 3.16. The summed E-state index contributed by atoms with van der Waals surface area (Å²) in [4.78, 5) is 44.6. The molecule has 3 aromatic rings. The van der Waals surface area contributed by atoms with Gasteiger partial charge in [0, 0.05) is 16.6 Å². The minimum Gasteiger partial charge on any atom is -0.462 e. The quantitative estimate of drug-likeness (QED) is 0.232. The molecular weight excluding hydrogens is 550 g/mol. The number of hydrogen-bond donors (Lipinski definition) is 2. The number of amides is 1. The zero-order valence-corrected chi connectivity index (χ0v) is 27.1. The lowest BCUT2D eigenvalue weighted by atomic mass is 9.80. The minimum atomic E-state index is -1.69. The highest BCUT2D eigenvalue weighted by Gasteiger charge is 2.44. The summed E-state index contributed by atoms with van der Waals surface area (Å²) in [6.45, 7) is 18.0. The van der Waals surface area contributed by atoms with Crippen LogP contribution in [0.25, 0.3) is 22.3 Å². The van der Waals surface area contributed by atoms with Crippen molar-refractivity contribution in [3.05, 3.63) is 56.9 Å². The van der Waals surface area contributed by atoms with E-state index in [-0.39, 0.29) is 23.8 Å². The molecule has 4 heterocycles. The molecule has 42 heavy (non-hydrogen) atoms. The van der Waals surface area contributed by atoms with Gasteiger partial charge in [0.15, 0.2) is 0 Å². The lowest BCUT2D eigenvalue weighted by Gasteiger charge is -2.27. The van der Waals surface area contributed by atoms with Crippen molar-refractivity contribution in [1.82, 2.24) is 9.55 Å². The first-order valence-corrected chi connectivity index (χ1v) is 17.6. The molecule has 0 saturated heterocycles. The fraction of sp³-hybridized carbons (Fsp3) is 0.500. The molecule has 10 heteroatoms. The number of anilines is 1. The first kappa shape index (κ1) is 30.0. The SMILES string of the molecule is CCC1(O)CC(=O)OC([SiH](C)C)c2c1cc1n(c2=O)Cc2c-1nc1ccc(NC(=O)OC(C)(C)C)cc1c2C(C)(C)C. The van der Waals surface area contributed by atoms with Crippen molar-refractivity contribution in [2.24, 2.45) is 0 Å². The van der Waals surface area contributed by atoms with Crippen LogP contribution >= 0.6 is 0 Å².